The molecule has 0 atom stereocenters. The van der Waals surface area contributed by atoms with E-state index in [-0.39, 0.29) is 5.78 Å². The van der Waals surface area contributed by atoms with Crippen molar-refractivity contribution in [1.82, 2.24) is 15.0 Å². The van der Waals surface area contributed by atoms with E-state index in [4.69, 9.17) is 0 Å². The molecule has 3 aromatic carbocycles. The van der Waals surface area contributed by atoms with Gasteiger partial charge < -0.3 is 0 Å². The van der Waals surface area contributed by atoms with E-state index < -0.39 is 0 Å². The van der Waals surface area contributed by atoms with Gasteiger partial charge in [0, 0.05) is 16.7 Å². The van der Waals surface area contributed by atoms with Gasteiger partial charge in [0.05, 0.1) is 11.9 Å². The molecule has 132 valence electrons. The first kappa shape index (κ1) is 16.9. The van der Waals surface area contributed by atoms with Gasteiger partial charge >= 0.3 is 0 Å². The first-order valence-corrected chi connectivity index (χ1v) is 8.82. The van der Waals surface area contributed by atoms with E-state index in [2.05, 4.69) is 10.3 Å². The predicted molar refractivity (Wildman–Crippen MR) is 106 cm³/mol. The normalized spacial score (nSPS) is 10.7. The minimum absolute atomic E-state index is 0.00291. The molecule has 4 aromatic rings. The summed E-state index contributed by atoms with van der Waals surface area (Å²) in [6, 6.07) is 23.1. The lowest BCUT2D eigenvalue weighted by molar-refractivity contribution is 0.103. The van der Waals surface area contributed by atoms with E-state index >= 15 is 0 Å². The second-order valence-corrected chi connectivity index (χ2v) is 6.56. The fourth-order valence-electron chi connectivity index (χ4n) is 3.12. The number of hydrogen-bond acceptors (Lipinski definition) is 3. The fourth-order valence-corrected chi connectivity index (χ4v) is 3.12. The van der Waals surface area contributed by atoms with Gasteiger partial charge in [-0.3, -0.25) is 4.79 Å². The second kappa shape index (κ2) is 7.00. The van der Waals surface area contributed by atoms with Crippen molar-refractivity contribution in [2.24, 2.45) is 0 Å². The molecular formula is C23H19N3O. The lowest BCUT2D eigenvalue weighted by atomic mass is 9.97. The van der Waals surface area contributed by atoms with Gasteiger partial charge in [-0.2, -0.15) is 0 Å². The van der Waals surface area contributed by atoms with Crippen LogP contribution in [0.15, 0.2) is 79.0 Å². The maximum atomic E-state index is 12.8. The first-order chi connectivity index (χ1) is 13.1. The molecule has 27 heavy (non-hydrogen) atoms. The molecule has 1 heterocycles. The molecule has 0 aliphatic heterocycles. The lowest BCUT2D eigenvalue weighted by Gasteiger charge is -2.07. The monoisotopic (exact) mass is 353 g/mol. The summed E-state index contributed by atoms with van der Waals surface area (Å²) in [5, 5.41) is 8.62. The Morgan fingerprint density at radius 3 is 2.33 bits per heavy atom. The average molecular weight is 353 g/mol. The molecule has 4 nitrogen and oxygen atoms in total. The smallest absolute Gasteiger partial charge is 0.193 e. The maximum Gasteiger partial charge on any atom is 0.193 e. The number of ketones is 1. The molecule has 1 aromatic heterocycles. The summed E-state index contributed by atoms with van der Waals surface area (Å²) in [6.45, 7) is 4.06. The average Bonchev–Trinajstić information content (AvgIpc) is 3.18. The Kier molecular flexibility index (Phi) is 4.38. The number of benzene rings is 3. The highest BCUT2D eigenvalue weighted by Crippen LogP contribution is 2.25. The third-order valence-corrected chi connectivity index (χ3v) is 4.67. The van der Waals surface area contributed by atoms with Crippen LogP contribution in [0.1, 0.15) is 27.0 Å². The van der Waals surface area contributed by atoms with Crippen molar-refractivity contribution >= 4 is 5.78 Å². The Balaban J connectivity index is 1.73. The summed E-state index contributed by atoms with van der Waals surface area (Å²) in [5.41, 5.74) is 6.15. The standard InChI is InChI=1S/C23H19N3O/c1-16-12-13-19(23(27)18-9-4-3-5-10-18)14-20(16)21-15-26(25-24-21)22-11-7-6-8-17(22)2/h3-15H,1-2H3. The molecule has 4 heteroatoms. The van der Waals surface area contributed by atoms with E-state index in [1.54, 1.807) is 4.68 Å². The summed E-state index contributed by atoms with van der Waals surface area (Å²) in [7, 11) is 0. The van der Waals surface area contributed by atoms with Crippen LogP contribution in [0.3, 0.4) is 0 Å². The van der Waals surface area contributed by atoms with E-state index in [9.17, 15) is 4.79 Å². The Bertz CT molecular complexity index is 1110. The molecule has 0 bridgehead atoms. The van der Waals surface area contributed by atoms with Crippen molar-refractivity contribution in [2.45, 2.75) is 13.8 Å². The number of para-hydroxylation sites is 1. The zero-order valence-corrected chi connectivity index (χ0v) is 15.3. The summed E-state index contributed by atoms with van der Waals surface area (Å²) in [5.74, 6) is 0.00291. The molecule has 0 aliphatic rings. The summed E-state index contributed by atoms with van der Waals surface area (Å²) in [4.78, 5) is 12.8. The predicted octanol–water partition coefficient (Wildman–Crippen LogP) is 4.78. The topological polar surface area (TPSA) is 47.8 Å². The fraction of sp³-hybridized carbons (Fsp3) is 0.0870. The molecule has 0 amide bonds. The number of nitrogens with zero attached hydrogens (tertiary/aromatic N) is 3. The molecule has 4 rings (SSSR count). The first-order valence-electron chi connectivity index (χ1n) is 8.82. The molecule has 0 saturated heterocycles. The largest absolute Gasteiger partial charge is 0.289 e. The molecular weight excluding hydrogens is 334 g/mol. The number of aromatic nitrogens is 3. The van der Waals surface area contributed by atoms with Crippen LogP contribution >= 0.6 is 0 Å². The molecule has 0 saturated carbocycles. The van der Waals surface area contributed by atoms with E-state index in [0.717, 1.165) is 28.1 Å². The van der Waals surface area contributed by atoms with Gasteiger partial charge in [0.25, 0.3) is 0 Å². The maximum absolute atomic E-state index is 12.8. The van der Waals surface area contributed by atoms with E-state index in [1.807, 2.05) is 92.8 Å². The molecule has 0 fully saturated rings. The van der Waals surface area contributed by atoms with Gasteiger partial charge in [-0.05, 0) is 37.1 Å². The molecule has 0 radical (unpaired) electrons. The Morgan fingerprint density at radius 1 is 0.815 bits per heavy atom. The van der Waals surface area contributed by atoms with Crippen molar-refractivity contribution < 1.29 is 4.79 Å². The van der Waals surface area contributed by atoms with Gasteiger partial charge in [-0.1, -0.05) is 65.9 Å². The molecule has 0 aliphatic carbocycles. The third-order valence-electron chi connectivity index (χ3n) is 4.67. The minimum atomic E-state index is 0.00291. The Labute approximate surface area is 158 Å². The van der Waals surface area contributed by atoms with Crippen LogP contribution in [0.5, 0.6) is 0 Å². The second-order valence-electron chi connectivity index (χ2n) is 6.56. The molecule has 0 N–H and O–H groups in total. The highest BCUT2D eigenvalue weighted by atomic mass is 16.1. The third kappa shape index (κ3) is 3.29. The van der Waals surface area contributed by atoms with Crippen LogP contribution in [-0.2, 0) is 0 Å². The number of hydrogen-bond donors (Lipinski definition) is 0. The zero-order chi connectivity index (χ0) is 18.8. The number of aryl methyl sites for hydroxylation is 2. The lowest BCUT2D eigenvalue weighted by Crippen LogP contribution is -2.01. The quantitative estimate of drug-likeness (QED) is 0.496. The SMILES string of the molecule is Cc1ccc(C(=O)c2ccccc2)cc1-c1cn(-c2ccccc2C)nn1. The summed E-state index contributed by atoms with van der Waals surface area (Å²) >= 11 is 0. The highest BCUT2D eigenvalue weighted by Gasteiger charge is 2.14. The van der Waals surface area contributed by atoms with Crippen molar-refractivity contribution in [3.63, 3.8) is 0 Å². The van der Waals surface area contributed by atoms with Crippen LogP contribution < -0.4 is 0 Å². The minimum Gasteiger partial charge on any atom is -0.289 e. The van der Waals surface area contributed by atoms with Gasteiger partial charge in [-0.15, -0.1) is 5.10 Å². The van der Waals surface area contributed by atoms with Crippen molar-refractivity contribution in [2.75, 3.05) is 0 Å². The Hall–Kier alpha value is -3.53. The van der Waals surface area contributed by atoms with E-state index in [0.29, 0.717) is 11.1 Å². The van der Waals surface area contributed by atoms with Crippen molar-refractivity contribution in [1.29, 1.82) is 0 Å². The van der Waals surface area contributed by atoms with Gasteiger partial charge in [0.15, 0.2) is 5.78 Å². The van der Waals surface area contributed by atoms with Crippen molar-refractivity contribution in [3.05, 3.63) is 101 Å². The van der Waals surface area contributed by atoms with Crippen LogP contribution in [-0.4, -0.2) is 20.8 Å². The van der Waals surface area contributed by atoms with Gasteiger partial charge in [0.1, 0.15) is 5.69 Å². The Morgan fingerprint density at radius 2 is 1.56 bits per heavy atom. The van der Waals surface area contributed by atoms with Crippen LogP contribution in [0.2, 0.25) is 0 Å². The molecule has 0 unspecified atom stereocenters. The van der Waals surface area contributed by atoms with E-state index in [1.165, 1.54) is 0 Å². The van der Waals surface area contributed by atoms with Gasteiger partial charge in [-0.25, -0.2) is 4.68 Å². The highest BCUT2D eigenvalue weighted by molar-refractivity contribution is 6.09. The van der Waals surface area contributed by atoms with Crippen LogP contribution in [0, 0.1) is 13.8 Å². The van der Waals surface area contributed by atoms with Crippen LogP contribution in [0.25, 0.3) is 16.9 Å². The number of carbonyl (C=O) groups excluding carboxylic acids is 1. The van der Waals surface area contributed by atoms with Crippen LogP contribution in [0.4, 0.5) is 0 Å². The number of carbonyl (C=O) groups is 1. The molecule has 0 spiro atoms. The number of rotatable bonds is 4. The van der Waals surface area contributed by atoms with Crippen molar-refractivity contribution in [3.8, 4) is 16.9 Å². The van der Waals surface area contributed by atoms with Gasteiger partial charge in [0.2, 0.25) is 0 Å². The summed E-state index contributed by atoms with van der Waals surface area (Å²) in [6.07, 6.45) is 1.90. The summed E-state index contributed by atoms with van der Waals surface area (Å²) < 4.78 is 1.77. The zero-order valence-electron chi connectivity index (χ0n) is 15.3.